The molecule has 1 atom stereocenters. The molecule has 2 N–H and O–H groups in total. The summed E-state index contributed by atoms with van der Waals surface area (Å²) >= 11 is 0.723. The number of aromatic amines is 1. The monoisotopic (exact) mass is 669 g/mol. The van der Waals surface area contributed by atoms with Gasteiger partial charge in [0.25, 0.3) is 0 Å². The van der Waals surface area contributed by atoms with Crippen LogP contribution in [-0.4, -0.2) is 66.9 Å². The number of anilines is 3. The molecule has 19 heteroatoms. The summed E-state index contributed by atoms with van der Waals surface area (Å²) in [6.07, 6.45) is 0. The van der Waals surface area contributed by atoms with Crippen molar-refractivity contribution >= 4 is 44.7 Å². The second kappa shape index (κ2) is 12.9. The van der Waals surface area contributed by atoms with Crippen LogP contribution in [0.4, 0.5) is 40.7 Å². The van der Waals surface area contributed by atoms with Gasteiger partial charge in [0.05, 0.1) is 41.1 Å². The maximum atomic E-state index is 15.3. The number of nitro groups is 1. The van der Waals surface area contributed by atoms with E-state index in [4.69, 9.17) is 9.47 Å². The van der Waals surface area contributed by atoms with Gasteiger partial charge in [0.15, 0.2) is 22.6 Å². The summed E-state index contributed by atoms with van der Waals surface area (Å²) in [5, 5.41) is 21.0. The van der Waals surface area contributed by atoms with Crippen LogP contribution in [0, 0.1) is 34.5 Å². The van der Waals surface area contributed by atoms with Crippen LogP contribution < -0.4 is 15.0 Å². The lowest BCUT2D eigenvalue weighted by atomic mass is 10.2. The minimum atomic E-state index is -5.19. The fourth-order valence-corrected chi connectivity index (χ4v) is 6.38. The van der Waals surface area contributed by atoms with E-state index in [9.17, 15) is 27.3 Å². The average molecular weight is 670 g/mol. The molecule has 1 saturated heterocycles. The first-order valence-electron chi connectivity index (χ1n) is 13.0. The molecule has 45 heavy (non-hydrogen) atoms. The number of H-pyrrole nitrogens is 1. The van der Waals surface area contributed by atoms with E-state index < -0.39 is 53.9 Å². The number of morpholine rings is 1. The lowest BCUT2D eigenvalue weighted by molar-refractivity contribution is -0.387. The summed E-state index contributed by atoms with van der Waals surface area (Å²) in [5.41, 5.74) is -5.38. The van der Waals surface area contributed by atoms with Gasteiger partial charge in [-0.15, -0.1) is 0 Å². The molecule has 1 aliphatic heterocycles. The van der Waals surface area contributed by atoms with Crippen LogP contribution in [-0.2, 0) is 14.6 Å². The minimum Gasteiger partial charge on any atom is -0.490 e. The molecule has 0 spiro atoms. The van der Waals surface area contributed by atoms with Crippen molar-refractivity contribution in [2.24, 2.45) is 0 Å². The highest BCUT2D eigenvalue weighted by atomic mass is 32.2. The molecule has 238 valence electrons. The Morgan fingerprint density at radius 2 is 1.89 bits per heavy atom. The number of ether oxygens (including phenoxy) is 2. The van der Waals surface area contributed by atoms with Gasteiger partial charge in [-0.2, -0.15) is 9.49 Å². The van der Waals surface area contributed by atoms with Crippen molar-refractivity contribution in [1.82, 2.24) is 20.2 Å². The van der Waals surface area contributed by atoms with Crippen LogP contribution in [0.5, 0.6) is 5.75 Å². The summed E-state index contributed by atoms with van der Waals surface area (Å²) in [4.78, 5) is 19.5. The van der Waals surface area contributed by atoms with Gasteiger partial charge in [-0.05, 0) is 43.0 Å². The van der Waals surface area contributed by atoms with E-state index in [1.54, 1.807) is 13.0 Å². The highest BCUT2D eigenvalue weighted by molar-refractivity contribution is 7.99. The van der Waals surface area contributed by atoms with Gasteiger partial charge in [-0.25, -0.2) is 31.6 Å². The Labute approximate surface area is 257 Å². The zero-order valence-electron chi connectivity index (χ0n) is 23.4. The third kappa shape index (κ3) is 6.64. The minimum absolute atomic E-state index is 0.0269. The Bertz CT molecular complexity index is 1870. The van der Waals surface area contributed by atoms with Crippen molar-refractivity contribution in [3.8, 4) is 5.75 Å². The second-order valence-electron chi connectivity index (χ2n) is 9.51. The zero-order chi connectivity index (χ0) is 32.5. The molecule has 0 saturated carbocycles. The second-order valence-corrected chi connectivity index (χ2v) is 12.5. The molecule has 0 aliphatic carbocycles. The number of aromatic nitrogens is 4. The number of nitrogens with zero attached hydrogens (tertiary/aromatic N) is 5. The van der Waals surface area contributed by atoms with Crippen LogP contribution in [0.2, 0.25) is 0 Å². The number of methoxy groups -OCH3 is 1. The van der Waals surface area contributed by atoms with Crippen molar-refractivity contribution in [2.75, 3.05) is 43.6 Å². The Balaban J connectivity index is 1.48. The molecule has 0 amide bonds. The quantitative estimate of drug-likeness (QED) is 0.100. The summed E-state index contributed by atoms with van der Waals surface area (Å²) in [6, 6.07) is 4.47. The molecular formula is C26H23F4N7O6S2. The van der Waals surface area contributed by atoms with Crippen LogP contribution in [0.15, 0.2) is 51.3 Å². The molecular weight excluding hydrogens is 646 g/mol. The van der Waals surface area contributed by atoms with E-state index in [-0.39, 0.29) is 33.8 Å². The Morgan fingerprint density at radius 1 is 1.16 bits per heavy atom. The lowest BCUT2D eigenvalue weighted by Crippen LogP contribution is -2.37. The zero-order valence-corrected chi connectivity index (χ0v) is 25.0. The molecule has 0 radical (unpaired) electrons. The summed E-state index contributed by atoms with van der Waals surface area (Å²) < 4.78 is 95.8. The first-order valence-corrected chi connectivity index (χ1v) is 15.3. The highest BCUT2D eigenvalue weighted by Crippen LogP contribution is 2.40. The number of aryl methyl sites for hydroxylation is 1. The molecule has 2 aromatic carbocycles. The Kier molecular flexibility index (Phi) is 9.12. The number of hydrogen-bond donors (Lipinski definition) is 2. The van der Waals surface area contributed by atoms with Gasteiger partial charge in [-0.1, -0.05) is 0 Å². The predicted molar refractivity (Wildman–Crippen MR) is 153 cm³/mol. The van der Waals surface area contributed by atoms with E-state index in [1.807, 2.05) is 4.90 Å². The lowest BCUT2D eigenvalue weighted by Gasteiger charge is -2.29. The Morgan fingerprint density at radius 3 is 2.51 bits per heavy atom. The predicted octanol–water partition coefficient (Wildman–Crippen LogP) is 5.02. The molecule has 5 rings (SSSR count). The first kappa shape index (κ1) is 31.9. The number of benzene rings is 2. The van der Waals surface area contributed by atoms with Crippen LogP contribution in [0.1, 0.15) is 16.8 Å². The van der Waals surface area contributed by atoms with Crippen LogP contribution in [0.3, 0.4) is 0 Å². The van der Waals surface area contributed by atoms with Gasteiger partial charge in [0.1, 0.15) is 11.6 Å². The smallest absolute Gasteiger partial charge is 0.308 e. The van der Waals surface area contributed by atoms with Crippen LogP contribution >= 0.6 is 11.8 Å². The van der Waals surface area contributed by atoms with Crippen LogP contribution in [0.25, 0.3) is 0 Å². The number of halogens is 4. The van der Waals surface area contributed by atoms with E-state index in [2.05, 4.69) is 25.5 Å². The highest BCUT2D eigenvalue weighted by Gasteiger charge is 2.35. The maximum absolute atomic E-state index is 15.3. The standard InChI is InChI=1S/C26H23F4N7O6S2/c1-13-9-20(35-34-13)31-24-22(42-2)25(36-5-7-43-8-6-36)33-26(32-24)44-19-4-3-15(12-17(19)28)45(40,41)23(30)16-10-14(27)11-18(21(16)29)37(38)39/h3-4,9-12,23H,5-8H2,1-2H3,(H2,31,32,33,34,35). The molecule has 13 nitrogen and oxygen atoms in total. The fourth-order valence-electron chi connectivity index (χ4n) is 4.35. The van der Waals surface area contributed by atoms with E-state index >= 15 is 8.78 Å². The van der Waals surface area contributed by atoms with Crippen molar-refractivity contribution in [3.63, 3.8) is 0 Å². The van der Waals surface area contributed by atoms with Crippen molar-refractivity contribution in [2.45, 2.75) is 27.4 Å². The van der Waals surface area contributed by atoms with Gasteiger partial charge in [0.2, 0.25) is 26.9 Å². The molecule has 3 heterocycles. The number of nitro benzene ring substituents is 1. The molecule has 2 aromatic heterocycles. The number of nitrogens with one attached hydrogen (secondary N) is 2. The maximum Gasteiger partial charge on any atom is 0.308 e. The fraction of sp³-hybridized carbons (Fsp3) is 0.269. The van der Waals surface area contributed by atoms with Gasteiger partial charge >= 0.3 is 5.69 Å². The largest absolute Gasteiger partial charge is 0.490 e. The molecule has 1 unspecified atom stereocenters. The molecule has 1 aliphatic rings. The third-order valence-corrected chi connectivity index (χ3v) is 9.11. The summed E-state index contributed by atoms with van der Waals surface area (Å²) in [7, 11) is -3.75. The van der Waals surface area contributed by atoms with Gasteiger partial charge in [-0.3, -0.25) is 15.2 Å². The molecule has 4 aromatic rings. The topological polar surface area (TPSA) is 165 Å². The van der Waals surface area contributed by atoms with Crippen molar-refractivity contribution in [1.29, 1.82) is 0 Å². The van der Waals surface area contributed by atoms with Crippen molar-refractivity contribution < 1.29 is 40.4 Å². The number of sulfone groups is 1. The third-order valence-electron chi connectivity index (χ3n) is 6.49. The number of alkyl halides is 1. The van der Waals surface area contributed by atoms with Gasteiger partial charge in [0, 0.05) is 30.4 Å². The van der Waals surface area contributed by atoms with Crippen molar-refractivity contribution in [3.05, 3.63) is 75.2 Å². The van der Waals surface area contributed by atoms with Gasteiger partial charge < -0.3 is 19.7 Å². The normalized spacial score (nSPS) is 14.3. The summed E-state index contributed by atoms with van der Waals surface area (Å²) in [6.45, 7) is 3.58. The summed E-state index contributed by atoms with van der Waals surface area (Å²) in [5.74, 6) is -3.15. The SMILES string of the molecule is COc1c(Nc2cc(C)[nH]n2)nc(Sc2ccc(S(=O)(=O)C(F)c3cc(F)cc([N+](=O)[O-])c3F)cc2F)nc1N1CCOCC1. The number of rotatable bonds is 10. The average Bonchev–Trinajstić information content (AvgIpc) is 3.42. The first-order chi connectivity index (χ1) is 21.4. The molecule has 1 fully saturated rings. The van der Waals surface area contributed by atoms with E-state index in [0.29, 0.717) is 44.0 Å². The van der Waals surface area contributed by atoms with E-state index in [0.717, 1.165) is 29.6 Å². The van der Waals surface area contributed by atoms with E-state index in [1.165, 1.54) is 7.11 Å². The number of hydrogen-bond acceptors (Lipinski definition) is 12. The molecule has 0 bridgehead atoms. The Hall–Kier alpha value is -4.49.